The van der Waals surface area contributed by atoms with Crippen LogP contribution >= 0.6 is 0 Å². The molecule has 0 saturated carbocycles. The molecule has 2 aromatic rings. The topological polar surface area (TPSA) is 47.3 Å². The summed E-state index contributed by atoms with van der Waals surface area (Å²) in [7, 11) is 1.71. The Morgan fingerprint density at radius 1 is 1.04 bits per heavy atom. The van der Waals surface area contributed by atoms with E-state index in [2.05, 4.69) is 6.07 Å². The van der Waals surface area contributed by atoms with Gasteiger partial charge >= 0.3 is 0 Å². The minimum Gasteiger partial charge on any atom is -0.340 e. The highest BCUT2D eigenvalue weighted by molar-refractivity contribution is 5.78. The van der Waals surface area contributed by atoms with Crippen molar-refractivity contribution in [1.82, 2.24) is 9.80 Å². The van der Waals surface area contributed by atoms with Crippen LogP contribution in [0, 0.1) is 17.1 Å². The number of hydrogen-bond acceptors (Lipinski definition) is 3. The molecule has 0 aliphatic carbocycles. The Morgan fingerprint density at radius 2 is 1.67 bits per heavy atom. The van der Waals surface area contributed by atoms with E-state index in [1.165, 1.54) is 12.1 Å². The Bertz CT molecular complexity index is 695. The van der Waals surface area contributed by atoms with Crippen molar-refractivity contribution in [2.24, 2.45) is 0 Å². The molecule has 0 aliphatic rings. The van der Waals surface area contributed by atoms with E-state index in [0.29, 0.717) is 13.1 Å². The summed E-state index contributed by atoms with van der Waals surface area (Å²) < 4.78 is 12.9. The Kier molecular flexibility index (Phi) is 6.47. The summed E-state index contributed by atoms with van der Waals surface area (Å²) >= 11 is 0. The van der Waals surface area contributed by atoms with Crippen LogP contribution in [-0.2, 0) is 17.9 Å². The van der Waals surface area contributed by atoms with Gasteiger partial charge in [0.2, 0.25) is 5.91 Å². The van der Waals surface area contributed by atoms with Gasteiger partial charge in [0.15, 0.2) is 0 Å². The molecule has 0 fully saturated rings. The number of nitrogens with zero attached hydrogens (tertiary/aromatic N) is 3. The predicted molar refractivity (Wildman–Crippen MR) is 90.2 cm³/mol. The highest BCUT2D eigenvalue weighted by Crippen LogP contribution is 2.08. The summed E-state index contributed by atoms with van der Waals surface area (Å²) in [5.74, 6) is -0.374. The summed E-state index contributed by atoms with van der Waals surface area (Å²) in [6.07, 6.45) is 0. The van der Waals surface area contributed by atoms with Crippen LogP contribution in [0.4, 0.5) is 4.39 Å². The van der Waals surface area contributed by atoms with E-state index in [4.69, 9.17) is 5.26 Å². The number of amides is 1. The first-order valence-electron chi connectivity index (χ1n) is 7.70. The summed E-state index contributed by atoms with van der Waals surface area (Å²) in [5.41, 5.74) is 1.92. The second kappa shape index (κ2) is 8.80. The molecular weight excluding hydrogens is 305 g/mol. The summed E-state index contributed by atoms with van der Waals surface area (Å²) in [4.78, 5) is 15.8. The number of carbonyl (C=O) groups is 1. The molecule has 0 spiro atoms. The SMILES string of the molecule is CN(Cc1ccc(F)cc1)C(=O)CN(CC#N)Cc1ccccc1. The third kappa shape index (κ3) is 5.49. The average molecular weight is 325 g/mol. The minimum atomic E-state index is -0.296. The lowest BCUT2D eigenvalue weighted by atomic mass is 10.2. The molecule has 5 heteroatoms. The van der Waals surface area contributed by atoms with Crippen LogP contribution < -0.4 is 0 Å². The summed E-state index contributed by atoms with van der Waals surface area (Å²) in [6, 6.07) is 17.9. The van der Waals surface area contributed by atoms with E-state index in [9.17, 15) is 9.18 Å². The number of halogens is 1. The zero-order chi connectivity index (χ0) is 17.4. The Labute approximate surface area is 141 Å². The lowest BCUT2D eigenvalue weighted by Gasteiger charge is -2.23. The van der Waals surface area contributed by atoms with Gasteiger partial charge in [-0.2, -0.15) is 5.26 Å². The first-order chi connectivity index (χ1) is 11.6. The number of likely N-dealkylation sites (N-methyl/N-ethyl adjacent to an activating group) is 1. The first kappa shape index (κ1) is 17.6. The molecule has 0 radical (unpaired) electrons. The van der Waals surface area contributed by atoms with Crippen molar-refractivity contribution in [3.8, 4) is 6.07 Å². The maximum absolute atomic E-state index is 12.9. The van der Waals surface area contributed by atoms with Crippen LogP contribution in [0.5, 0.6) is 0 Å². The Balaban J connectivity index is 1.94. The number of benzene rings is 2. The first-order valence-corrected chi connectivity index (χ1v) is 7.70. The molecule has 4 nitrogen and oxygen atoms in total. The molecule has 2 rings (SSSR count). The minimum absolute atomic E-state index is 0.0782. The second-order valence-corrected chi connectivity index (χ2v) is 5.67. The van der Waals surface area contributed by atoms with Gasteiger partial charge in [-0.15, -0.1) is 0 Å². The molecule has 0 atom stereocenters. The van der Waals surface area contributed by atoms with Crippen LogP contribution in [0.1, 0.15) is 11.1 Å². The third-order valence-corrected chi connectivity index (χ3v) is 3.66. The maximum atomic E-state index is 12.9. The molecule has 0 N–H and O–H groups in total. The lowest BCUT2D eigenvalue weighted by molar-refractivity contribution is -0.131. The normalized spacial score (nSPS) is 10.4. The van der Waals surface area contributed by atoms with Crippen molar-refractivity contribution < 1.29 is 9.18 Å². The molecule has 124 valence electrons. The largest absolute Gasteiger partial charge is 0.340 e. The van der Waals surface area contributed by atoms with E-state index in [-0.39, 0.29) is 24.8 Å². The van der Waals surface area contributed by atoms with E-state index in [0.717, 1.165) is 11.1 Å². The quantitative estimate of drug-likeness (QED) is 0.736. The fraction of sp³-hybridized carbons (Fsp3) is 0.263. The molecule has 24 heavy (non-hydrogen) atoms. The Morgan fingerprint density at radius 3 is 2.29 bits per heavy atom. The van der Waals surface area contributed by atoms with E-state index < -0.39 is 0 Å². The zero-order valence-electron chi connectivity index (χ0n) is 13.7. The monoisotopic (exact) mass is 325 g/mol. The van der Waals surface area contributed by atoms with E-state index >= 15 is 0 Å². The van der Waals surface area contributed by atoms with Gasteiger partial charge in [0.05, 0.1) is 19.2 Å². The van der Waals surface area contributed by atoms with E-state index in [1.54, 1.807) is 29.0 Å². The van der Waals surface area contributed by atoms with Gasteiger partial charge in [0.25, 0.3) is 0 Å². The molecule has 1 amide bonds. The molecule has 0 saturated heterocycles. The number of carbonyl (C=O) groups excluding carboxylic acids is 1. The maximum Gasteiger partial charge on any atom is 0.236 e. The van der Waals surface area contributed by atoms with Crippen molar-refractivity contribution in [2.45, 2.75) is 13.1 Å². The van der Waals surface area contributed by atoms with Gasteiger partial charge in [-0.3, -0.25) is 9.69 Å². The molecular formula is C19H20FN3O. The smallest absolute Gasteiger partial charge is 0.236 e. The highest BCUT2D eigenvalue weighted by atomic mass is 19.1. The van der Waals surface area contributed by atoms with Gasteiger partial charge in [-0.1, -0.05) is 42.5 Å². The van der Waals surface area contributed by atoms with Crippen molar-refractivity contribution >= 4 is 5.91 Å². The zero-order valence-corrected chi connectivity index (χ0v) is 13.7. The van der Waals surface area contributed by atoms with Crippen LogP contribution in [0.25, 0.3) is 0 Å². The van der Waals surface area contributed by atoms with Gasteiger partial charge in [0.1, 0.15) is 5.82 Å². The van der Waals surface area contributed by atoms with Crippen molar-refractivity contribution in [2.75, 3.05) is 20.1 Å². The summed E-state index contributed by atoms with van der Waals surface area (Å²) in [5, 5.41) is 8.98. The van der Waals surface area contributed by atoms with Crippen LogP contribution in [0.2, 0.25) is 0 Å². The van der Waals surface area contributed by atoms with Crippen molar-refractivity contribution in [1.29, 1.82) is 5.26 Å². The van der Waals surface area contributed by atoms with Crippen molar-refractivity contribution in [3.05, 3.63) is 71.5 Å². The average Bonchev–Trinajstić information content (AvgIpc) is 2.58. The molecule has 0 heterocycles. The fourth-order valence-electron chi connectivity index (χ4n) is 2.37. The van der Waals surface area contributed by atoms with Gasteiger partial charge < -0.3 is 4.90 Å². The number of rotatable bonds is 7. The second-order valence-electron chi connectivity index (χ2n) is 5.67. The summed E-state index contributed by atoms with van der Waals surface area (Å²) in [6.45, 7) is 1.31. The highest BCUT2D eigenvalue weighted by Gasteiger charge is 2.15. The predicted octanol–water partition coefficient (Wildman–Crippen LogP) is 2.81. The van der Waals surface area contributed by atoms with Crippen molar-refractivity contribution in [3.63, 3.8) is 0 Å². The van der Waals surface area contributed by atoms with Gasteiger partial charge in [-0.05, 0) is 23.3 Å². The van der Waals surface area contributed by atoms with Crippen LogP contribution in [0.15, 0.2) is 54.6 Å². The third-order valence-electron chi connectivity index (χ3n) is 3.66. The standard InChI is InChI=1S/C19H20FN3O/c1-22(13-17-7-9-18(20)10-8-17)19(24)15-23(12-11-21)14-16-5-3-2-4-6-16/h2-10H,12-15H2,1H3. The van der Waals surface area contributed by atoms with Gasteiger partial charge in [-0.25, -0.2) is 4.39 Å². The van der Waals surface area contributed by atoms with Gasteiger partial charge in [0, 0.05) is 20.1 Å². The van der Waals surface area contributed by atoms with Crippen LogP contribution in [0.3, 0.4) is 0 Å². The van der Waals surface area contributed by atoms with Crippen LogP contribution in [-0.4, -0.2) is 35.8 Å². The number of nitriles is 1. The fourth-order valence-corrected chi connectivity index (χ4v) is 2.37. The molecule has 2 aromatic carbocycles. The lowest BCUT2D eigenvalue weighted by Crippen LogP contribution is -2.38. The molecule has 0 aliphatic heterocycles. The molecule has 0 bridgehead atoms. The Hall–Kier alpha value is -2.71. The molecule has 0 unspecified atom stereocenters. The molecule has 0 aromatic heterocycles. The number of hydrogen-bond donors (Lipinski definition) is 0. The van der Waals surface area contributed by atoms with E-state index in [1.807, 2.05) is 30.3 Å².